The molecule has 0 heterocycles. The van der Waals surface area contributed by atoms with Crippen LogP contribution in [-0.4, -0.2) is 19.1 Å². The van der Waals surface area contributed by atoms with Gasteiger partial charge in [0.25, 0.3) is 0 Å². The van der Waals surface area contributed by atoms with E-state index in [0.717, 1.165) is 6.07 Å². The number of carbonyl (C=O) groups is 1. The molecule has 0 aliphatic rings. The molecule has 1 rings (SSSR count). The van der Waals surface area contributed by atoms with Gasteiger partial charge in [-0.1, -0.05) is 18.2 Å². The molecule has 1 aromatic rings. The zero-order chi connectivity index (χ0) is 14.3. The highest BCUT2D eigenvalue weighted by molar-refractivity contribution is 5.81. The Hall–Kier alpha value is -1.98. The molecule has 0 aromatic heterocycles. The second-order valence-corrected chi connectivity index (χ2v) is 3.58. The predicted molar refractivity (Wildman–Crippen MR) is 65.7 cm³/mol. The lowest BCUT2D eigenvalue weighted by molar-refractivity contribution is -0.138. The van der Waals surface area contributed by atoms with E-state index in [2.05, 4.69) is 10.1 Å². The van der Waals surface area contributed by atoms with E-state index < -0.39 is 17.7 Å². The van der Waals surface area contributed by atoms with Crippen LogP contribution >= 0.6 is 0 Å². The van der Waals surface area contributed by atoms with Crippen molar-refractivity contribution in [1.82, 2.24) is 0 Å². The minimum absolute atomic E-state index is 0.0245. The molecular weight excluding hydrogens is 259 g/mol. The summed E-state index contributed by atoms with van der Waals surface area (Å²) in [7, 11) is 0. The molecule has 0 bridgehead atoms. The molecule has 19 heavy (non-hydrogen) atoms. The fraction of sp³-hybridized carbons (Fsp3) is 0.308. The van der Waals surface area contributed by atoms with Crippen molar-refractivity contribution in [3.05, 3.63) is 42.0 Å². The first-order valence-corrected chi connectivity index (χ1v) is 5.68. The highest BCUT2D eigenvalue weighted by Crippen LogP contribution is 2.34. The van der Waals surface area contributed by atoms with Gasteiger partial charge in [-0.15, -0.1) is 0 Å². The number of ether oxygens (including phenoxy) is 1. The highest BCUT2D eigenvalue weighted by Gasteiger charge is 2.32. The van der Waals surface area contributed by atoms with E-state index >= 15 is 0 Å². The Bertz CT molecular complexity index is 455. The van der Waals surface area contributed by atoms with Gasteiger partial charge in [0.15, 0.2) is 0 Å². The molecule has 0 saturated carbocycles. The van der Waals surface area contributed by atoms with Gasteiger partial charge in [0.05, 0.1) is 12.2 Å². The Kier molecular flexibility index (Phi) is 5.41. The molecule has 0 aliphatic heterocycles. The zero-order valence-corrected chi connectivity index (χ0v) is 10.3. The van der Waals surface area contributed by atoms with Crippen LogP contribution < -0.4 is 5.32 Å². The van der Waals surface area contributed by atoms with E-state index in [-0.39, 0.29) is 18.8 Å². The van der Waals surface area contributed by atoms with E-state index in [9.17, 15) is 18.0 Å². The topological polar surface area (TPSA) is 38.3 Å². The van der Waals surface area contributed by atoms with Gasteiger partial charge in [-0.05, 0) is 19.1 Å². The number of hydrogen-bond donors (Lipinski definition) is 1. The molecule has 0 unspecified atom stereocenters. The van der Waals surface area contributed by atoms with E-state index in [1.807, 2.05) is 0 Å². The van der Waals surface area contributed by atoms with Gasteiger partial charge < -0.3 is 10.1 Å². The molecular formula is C13H14F3NO2. The van der Waals surface area contributed by atoms with Crippen LogP contribution in [0.3, 0.4) is 0 Å². The quantitative estimate of drug-likeness (QED) is 0.661. The van der Waals surface area contributed by atoms with Crippen molar-refractivity contribution in [2.75, 3.05) is 18.5 Å². The van der Waals surface area contributed by atoms with Crippen molar-refractivity contribution in [2.24, 2.45) is 0 Å². The summed E-state index contributed by atoms with van der Waals surface area (Å²) in [6, 6.07) is 5.16. The van der Waals surface area contributed by atoms with Gasteiger partial charge in [-0.2, -0.15) is 13.2 Å². The number of hydrogen-bond acceptors (Lipinski definition) is 3. The molecule has 0 spiro atoms. The zero-order valence-electron chi connectivity index (χ0n) is 10.3. The smallest absolute Gasteiger partial charge is 0.418 e. The molecule has 0 amide bonds. The first-order valence-electron chi connectivity index (χ1n) is 5.68. The van der Waals surface area contributed by atoms with Crippen LogP contribution in [0.2, 0.25) is 0 Å². The number of anilines is 1. The minimum atomic E-state index is -4.41. The lowest BCUT2D eigenvalue weighted by Crippen LogP contribution is -2.11. The second kappa shape index (κ2) is 6.82. The van der Waals surface area contributed by atoms with Crippen molar-refractivity contribution >= 4 is 11.7 Å². The summed E-state index contributed by atoms with van der Waals surface area (Å²) in [6.07, 6.45) is -1.83. The summed E-state index contributed by atoms with van der Waals surface area (Å²) >= 11 is 0. The van der Waals surface area contributed by atoms with Gasteiger partial charge in [-0.3, -0.25) is 0 Å². The maximum atomic E-state index is 12.7. The molecule has 0 fully saturated rings. The van der Waals surface area contributed by atoms with Gasteiger partial charge >= 0.3 is 12.1 Å². The van der Waals surface area contributed by atoms with Crippen LogP contribution in [0.4, 0.5) is 18.9 Å². The fourth-order valence-electron chi connectivity index (χ4n) is 1.40. The molecule has 0 radical (unpaired) electrons. The SMILES string of the molecule is CCOC(=O)/C=C/CNc1ccccc1C(F)(F)F. The van der Waals surface area contributed by atoms with E-state index in [1.165, 1.54) is 30.4 Å². The maximum Gasteiger partial charge on any atom is 0.418 e. The van der Waals surface area contributed by atoms with Crippen molar-refractivity contribution in [1.29, 1.82) is 0 Å². The maximum absolute atomic E-state index is 12.7. The fourth-order valence-corrected chi connectivity index (χ4v) is 1.40. The van der Waals surface area contributed by atoms with Gasteiger partial charge in [0.1, 0.15) is 0 Å². The second-order valence-electron chi connectivity index (χ2n) is 3.58. The number of esters is 1. The van der Waals surface area contributed by atoms with Crippen LogP contribution in [0.5, 0.6) is 0 Å². The number of halogens is 3. The number of rotatable bonds is 5. The molecule has 1 N–H and O–H groups in total. The summed E-state index contributed by atoms with van der Waals surface area (Å²) in [4.78, 5) is 11.0. The van der Waals surface area contributed by atoms with Gasteiger partial charge in [0, 0.05) is 18.3 Å². The molecule has 0 saturated heterocycles. The highest BCUT2D eigenvalue weighted by atomic mass is 19.4. The lowest BCUT2D eigenvalue weighted by atomic mass is 10.1. The number of carbonyl (C=O) groups excluding carboxylic acids is 1. The van der Waals surface area contributed by atoms with Crippen LogP contribution in [0.25, 0.3) is 0 Å². The average molecular weight is 273 g/mol. The first kappa shape index (κ1) is 15.1. The Balaban J connectivity index is 2.61. The Morgan fingerprint density at radius 2 is 2.05 bits per heavy atom. The van der Waals surface area contributed by atoms with Crippen molar-refractivity contribution in [3.8, 4) is 0 Å². The summed E-state index contributed by atoms with van der Waals surface area (Å²) in [5.41, 5.74) is -0.761. The van der Waals surface area contributed by atoms with Crippen molar-refractivity contribution in [2.45, 2.75) is 13.1 Å². The van der Waals surface area contributed by atoms with E-state index in [0.29, 0.717) is 0 Å². The monoisotopic (exact) mass is 273 g/mol. The normalized spacial score (nSPS) is 11.6. The molecule has 1 aromatic carbocycles. The number of alkyl halides is 3. The number of nitrogens with one attached hydrogen (secondary N) is 1. The Labute approximate surface area is 109 Å². The molecule has 0 aliphatic carbocycles. The summed E-state index contributed by atoms with van der Waals surface area (Å²) < 4.78 is 42.6. The van der Waals surface area contributed by atoms with Crippen LogP contribution in [-0.2, 0) is 15.7 Å². The summed E-state index contributed by atoms with van der Waals surface area (Å²) in [6.45, 7) is 2.03. The number of benzene rings is 1. The van der Waals surface area contributed by atoms with Crippen molar-refractivity contribution in [3.63, 3.8) is 0 Å². The Morgan fingerprint density at radius 1 is 1.37 bits per heavy atom. The first-order chi connectivity index (χ1) is 8.95. The summed E-state index contributed by atoms with van der Waals surface area (Å²) in [5.74, 6) is -0.520. The van der Waals surface area contributed by atoms with Crippen LogP contribution in [0, 0.1) is 0 Å². The third kappa shape index (κ3) is 5.03. The predicted octanol–water partition coefficient (Wildman–Crippen LogP) is 3.24. The molecule has 3 nitrogen and oxygen atoms in total. The van der Waals surface area contributed by atoms with E-state index in [4.69, 9.17) is 0 Å². The standard InChI is InChI=1S/C13H14F3NO2/c1-2-19-12(18)8-5-9-17-11-7-4-3-6-10(11)13(14,15)16/h3-8,17H,2,9H2,1H3/b8-5+. The van der Waals surface area contributed by atoms with E-state index in [1.54, 1.807) is 6.92 Å². The molecule has 6 heteroatoms. The summed E-state index contributed by atoms with van der Waals surface area (Å²) in [5, 5.41) is 2.60. The lowest BCUT2D eigenvalue weighted by Gasteiger charge is -2.13. The van der Waals surface area contributed by atoms with Crippen LogP contribution in [0.1, 0.15) is 12.5 Å². The average Bonchev–Trinajstić information content (AvgIpc) is 2.34. The van der Waals surface area contributed by atoms with Gasteiger partial charge in [0.2, 0.25) is 0 Å². The third-order valence-corrected chi connectivity index (χ3v) is 2.18. The molecule has 0 atom stereocenters. The van der Waals surface area contributed by atoms with Gasteiger partial charge in [-0.25, -0.2) is 4.79 Å². The largest absolute Gasteiger partial charge is 0.463 e. The van der Waals surface area contributed by atoms with Crippen molar-refractivity contribution < 1.29 is 22.7 Å². The third-order valence-electron chi connectivity index (χ3n) is 2.18. The minimum Gasteiger partial charge on any atom is -0.463 e. The molecule has 104 valence electrons. The number of para-hydroxylation sites is 1. The Morgan fingerprint density at radius 3 is 2.68 bits per heavy atom. The van der Waals surface area contributed by atoms with Crippen LogP contribution in [0.15, 0.2) is 36.4 Å².